The van der Waals surface area contributed by atoms with Gasteiger partial charge in [-0.3, -0.25) is 4.79 Å². The molecule has 0 bridgehead atoms. The number of carbonyl (C=O) groups excluding carboxylic acids is 1. The van der Waals surface area contributed by atoms with Crippen LogP contribution in [0.5, 0.6) is 0 Å². The molecule has 2 aromatic carbocycles. The third-order valence-electron chi connectivity index (χ3n) is 4.98. The van der Waals surface area contributed by atoms with E-state index in [2.05, 4.69) is 4.90 Å². The smallest absolute Gasteiger partial charge is 0.243 e. The van der Waals surface area contributed by atoms with Crippen molar-refractivity contribution >= 4 is 50.7 Å². The molecule has 1 amide bonds. The molecule has 30 heavy (non-hydrogen) atoms. The van der Waals surface area contributed by atoms with Crippen LogP contribution in [0.1, 0.15) is 5.56 Å². The maximum Gasteiger partial charge on any atom is 0.243 e. The van der Waals surface area contributed by atoms with Crippen molar-refractivity contribution in [2.75, 3.05) is 39.8 Å². The molecule has 162 valence electrons. The molecule has 6 nitrogen and oxygen atoms in total. The SMILES string of the molecule is CN1CCN(C(=O)CN(Cc2ccc(Cl)cc2Cl)S(=O)(=O)c2ccc(Cl)cc2)CC1. The molecule has 0 atom stereocenters. The van der Waals surface area contributed by atoms with Gasteiger partial charge in [-0.15, -0.1) is 0 Å². The van der Waals surface area contributed by atoms with Gasteiger partial charge >= 0.3 is 0 Å². The fraction of sp³-hybridized carbons (Fsp3) is 0.350. The summed E-state index contributed by atoms with van der Waals surface area (Å²) in [5.41, 5.74) is 0.560. The predicted octanol–water partition coefficient (Wildman–Crippen LogP) is 3.61. The maximum absolute atomic E-state index is 13.3. The zero-order chi connectivity index (χ0) is 21.9. The van der Waals surface area contributed by atoms with E-state index in [1.165, 1.54) is 24.3 Å². The first-order chi connectivity index (χ1) is 14.2. The average Bonchev–Trinajstić information content (AvgIpc) is 2.70. The first kappa shape index (κ1) is 23.3. The number of carbonyl (C=O) groups is 1. The Kier molecular flexibility index (Phi) is 7.66. The lowest BCUT2D eigenvalue weighted by Crippen LogP contribution is -2.50. The van der Waals surface area contributed by atoms with Crippen molar-refractivity contribution in [3.8, 4) is 0 Å². The summed E-state index contributed by atoms with van der Waals surface area (Å²) in [6, 6.07) is 10.7. The summed E-state index contributed by atoms with van der Waals surface area (Å²) in [5.74, 6) is -0.245. The second-order valence-corrected chi connectivity index (χ2v) is 10.4. The van der Waals surface area contributed by atoms with Crippen LogP contribution in [0.4, 0.5) is 0 Å². The lowest BCUT2D eigenvalue weighted by atomic mass is 10.2. The van der Waals surface area contributed by atoms with Gasteiger partial charge in [0.1, 0.15) is 0 Å². The minimum atomic E-state index is -3.96. The molecule has 0 unspecified atom stereocenters. The first-order valence-corrected chi connectivity index (χ1v) is 11.9. The summed E-state index contributed by atoms with van der Waals surface area (Å²) >= 11 is 18.1. The summed E-state index contributed by atoms with van der Waals surface area (Å²) in [4.78, 5) is 16.8. The fourth-order valence-electron chi connectivity index (χ4n) is 3.13. The van der Waals surface area contributed by atoms with Crippen LogP contribution in [0.15, 0.2) is 47.4 Å². The van der Waals surface area contributed by atoms with Crippen LogP contribution < -0.4 is 0 Å². The molecule has 0 spiro atoms. The van der Waals surface area contributed by atoms with Crippen LogP contribution >= 0.6 is 34.8 Å². The Labute approximate surface area is 192 Å². The van der Waals surface area contributed by atoms with Crippen LogP contribution in [0.3, 0.4) is 0 Å². The molecule has 1 aliphatic rings. The molecular weight excluding hydrogens is 469 g/mol. The molecular formula is C20H22Cl3N3O3S. The minimum absolute atomic E-state index is 0.0551. The van der Waals surface area contributed by atoms with E-state index in [1.54, 1.807) is 23.1 Å². The first-order valence-electron chi connectivity index (χ1n) is 9.33. The number of halogens is 3. The largest absolute Gasteiger partial charge is 0.339 e. The molecule has 1 saturated heterocycles. The van der Waals surface area contributed by atoms with Gasteiger partial charge in [-0.1, -0.05) is 40.9 Å². The second-order valence-electron chi connectivity index (χ2n) is 7.15. The molecule has 1 aliphatic heterocycles. The van der Waals surface area contributed by atoms with Crippen molar-refractivity contribution in [3.63, 3.8) is 0 Å². The van der Waals surface area contributed by atoms with Crippen LogP contribution in [-0.4, -0.2) is 68.2 Å². The Balaban J connectivity index is 1.89. The topological polar surface area (TPSA) is 60.9 Å². The van der Waals surface area contributed by atoms with E-state index in [4.69, 9.17) is 34.8 Å². The number of hydrogen-bond donors (Lipinski definition) is 0. The van der Waals surface area contributed by atoms with E-state index < -0.39 is 10.0 Å². The third-order valence-corrected chi connectivity index (χ3v) is 7.63. The summed E-state index contributed by atoms with van der Waals surface area (Å²) in [7, 11) is -1.97. The highest BCUT2D eigenvalue weighted by atomic mass is 35.5. The number of rotatable bonds is 6. The van der Waals surface area contributed by atoms with Crippen LogP contribution in [0.2, 0.25) is 15.1 Å². The molecule has 0 saturated carbocycles. The average molecular weight is 491 g/mol. The van der Waals surface area contributed by atoms with Crippen molar-refractivity contribution in [3.05, 3.63) is 63.1 Å². The lowest BCUT2D eigenvalue weighted by molar-refractivity contribution is -0.133. The number of benzene rings is 2. The molecule has 0 radical (unpaired) electrons. The predicted molar refractivity (Wildman–Crippen MR) is 120 cm³/mol. The van der Waals surface area contributed by atoms with E-state index in [1.807, 2.05) is 7.05 Å². The number of nitrogens with zero attached hydrogens (tertiary/aromatic N) is 3. The number of piperazine rings is 1. The van der Waals surface area contributed by atoms with Crippen molar-refractivity contribution in [1.29, 1.82) is 0 Å². The van der Waals surface area contributed by atoms with Gasteiger partial charge in [-0.2, -0.15) is 4.31 Å². The molecule has 0 aliphatic carbocycles. The Morgan fingerprint density at radius 1 is 0.967 bits per heavy atom. The quantitative estimate of drug-likeness (QED) is 0.621. The van der Waals surface area contributed by atoms with Crippen LogP contribution in [0.25, 0.3) is 0 Å². The molecule has 0 aromatic heterocycles. The van der Waals surface area contributed by atoms with Crippen molar-refractivity contribution in [2.45, 2.75) is 11.4 Å². The maximum atomic E-state index is 13.3. The fourth-order valence-corrected chi connectivity index (χ4v) is 5.09. The van der Waals surface area contributed by atoms with Gasteiger partial charge < -0.3 is 9.80 Å². The molecule has 3 rings (SSSR count). The summed E-state index contributed by atoms with van der Waals surface area (Å²) in [6.07, 6.45) is 0. The van der Waals surface area contributed by atoms with E-state index in [0.29, 0.717) is 33.7 Å². The van der Waals surface area contributed by atoms with Crippen molar-refractivity contribution in [2.24, 2.45) is 0 Å². The Bertz CT molecular complexity index is 1010. The zero-order valence-electron chi connectivity index (χ0n) is 16.4. The lowest BCUT2D eigenvalue weighted by Gasteiger charge is -2.34. The van der Waals surface area contributed by atoms with Crippen LogP contribution in [0, 0.1) is 0 Å². The Morgan fingerprint density at radius 3 is 2.17 bits per heavy atom. The minimum Gasteiger partial charge on any atom is -0.339 e. The highest BCUT2D eigenvalue weighted by Crippen LogP contribution is 2.26. The Hall–Kier alpha value is -1.35. The highest BCUT2D eigenvalue weighted by molar-refractivity contribution is 7.89. The zero-order valence-corrected chi connectivity index (χ0v) is 19.5. The van der Waals surface area contributed by atoms with E-state index >= 15 is 0 Å². The number of sulfonamides is 1. The van der Waals surface area contributed by atoms with E-state index in [0.717, 1.165) is 17.4 Å². The van der Waals surface area contributed by atoms with Gasteiger partial charge in [0.2, 0.25) is 15.9 Å². The van der Waals surface area contributed by atoms with Gasteiger partial charge in [-0.05, 0) is 49.0 Å². The highest BCUT2D eigenvalue weighted by Gasteiger charge is 2.30. The van der Waals surface area contributed by atoms with Gasteiger partial charge in [0.05, 0.1) is 11.4 Å². The number of hydrogen-bond acceptors (Lipinski definition) is 4. The van der Waals surface area contributed by atoms with Crippen molar-refractivity contribution in [1.82, 2.24) is 14.1 Å². The normalized spacial score (nSPS) is 15.6. The molecule has 1 heterocycles. The summed E-state index contributed by atoms with van der Waals surface area (Å²) < 4.78 is 27.8. The van der Waals surface area contributed by atoms with Gasteiger partial charge in [0.15, 0.2) is 0 Å². The molecule has 0 N–H and O–H groups in total. The molecule has 2 aromatic rings. The number of likely N-dealkylation sites (N-methyl/N-ethyl adjacent to an activating group) is 1. The van der Waals surface area contributed by atoms with Gasteiger partial charge in [-0.25, -0.2) is 8.42 Å². The second kappa shape index (κ2) is 9.85. The van der Waals surface area contributed by atoms with Crippen molar-refractivity contribution < 1.29 is 13.2 Å². The molecule has 1 fully saturated rings. The molecule has 10 heteroatoms. The standard InChI is InChI=1S/C20H22Cl3N3O3S/c1-24-8-10-25(11-9-24)20(27)14-26(13-15-2-3-17(22)12-19(15)23)30(28,29)18-6-4-16(21)5-7-18/h2-7,12H,8-11,13-14H2,1H3. The summed E-state index contributed by atoms with van der Waals surface area (Å²) in [5, 5.41) is 1.21. The van der Waals surface area contributed by atoms with Crippen LogP contribution in [-0.2, 0) is 21.4 Å². The van der Waals surface area contributed by atoms with Gasteiger partial charge in [0.25, 0.3) is 0 Å². The van der Waals surface area contributed by atoms with E-state index in [9.17, 15) is 13.2 Å². The number of amides is 1. The van der Waals surface area contributed by atoms with E-state index in [-0.39, 0.29) is 23.9 Å². The van der Waals surface area contributed by atoms with Gasteiger partial charge in [0, 0.05) is 47.8 Å². The summed E-state index contributed by atoms with van der Waals surface area (Å²) in [6.45, 7) is 2.28. The monoisotopic (exact) mass is 489 g/mol. The Morgan fingerprint density at radius 2 is 1.57 bits per heavy atom. The third kappa shape index (κ3) is 5.66.